The molecule has 118 valence electrons. The first kappa shape index (κ1) is 16.7. The molecule has 1 fully saturated rings. The zero-order valence-electron chi connectivity index (χ0n) is 13.4. The van der Waals surface area contributed by atoms with Gasteiger partial charge in [-0.05, 0) is 24.4 Å². The molecule has 1 N–H and O–H groups in total. The van der Waals surface area contributed by atoms with E-state index in [0.717, 1.165) is 31.8 Å². The first-order valence-corrected chi connectivity index (χ1v) is 9.63. The number of rotatable bonds is 6. The van der Waals surface area contributed by atoms with E-state index in [1.807, 2.05) is 0 Å². The van der Waals surface area contributed by atoms with Crippen LogP contribution in [0.3, 0.4) is 0 Å². The number of nitrogens with zero attached hydrogens (tertiary/aromatic N) is 1. The lowest BCUT2D eigenvalue weighted by atomic mass is 9.96. The van der Waals surface area contributed by atoms with Gasteiger partial charge in [-0.25, -0.2) is 0 Å². The summed E-state index contributed by atoms with van der Waals surface area (Å²) in [6.45, 7) is 7.67. The fourth-order valence-corrected chi connectivity index (χ4v) is 3.54. The van der Waals surface area contributed by atoms with Gasteiger partial charge in [0, 0.05) is 48.0 Å². The summed E-state index contributed by atoms with van der Waals surface area (Å²) in [4.78, 5) is 2.57. The van der Waals surface area contributed by atoms with Crippen molar-refractivity contribution in [2.45, 2.75) is 32.4 Å². The molecule has 3 unspecified atom stereocenters. The zero-order valence-corrected chi connectivity index (χ0v) is 14.2. The standard InChI is InChI=1S/C17H28N2OS/c1-14(2)16-13-19(10-7-11-21(3)20)17(12-18-16)15-8-5-4-6-9-15/h4-6,8-9,14,16-18H,7,10-13H2,1-3H3. The maximum atomic E-state index is 11.3. The molecule has 1 aliphatic heterocycles. The van der Waals surface area contributed by atoms with Crippen molar-refractivity contribution < 1.29 is 4.21 Å². The van der Waals surface area contributed by atoms with E-state index in [1.165, 1.54) is 5.56 Å². The monoisotopic (exact) mass is 308 g/mol. The van der Waals surface area contributed by atoms with Gasteiger partial charge < -0.3 is 5.32 Å². The van der Waals surface area contributed by atoms with Gasteiger partial charge in [0.05, 0.1) is 0 Å². The Morgan fingerprint density at radius 2 is 2.05 bits per heavy atom. The summed E-state index contributed by atoms with van der Waals surface area (Å²) in [6.07, 6.45) is 2.81. The van der Waals surface area contributed by atoms with Crippen LogP contribution in [0.2, 0.25) is 0 Å². The number of benzene rings is 1. The molecule has 0 aliphatic carbocycles. The van der Waals surface area contributed by atoms with Crippen LogP contribution in [0, 0.1) is 5.92 Å². The van der Waals surface area contributed by atoms with Gasteiger partial charge >= 0.3 is 0 Å². The minimum absolute atomic E-state index is 0.437. The Hall–Kier alpha value is -0.710. The Labute approximate surface area is 131 Å². The van der Waals surface area contributed by atoms with Crippen LogP contribution < -0.4 is 5.32 Å². The van der Waals surface area contributed by atoms with Crippen molar-refractivity contribution in [3.8, 4) is 0 Å². The van der Waals surface area contributed by atoms with Crippen molar-refractivity contribution in [3.63, 3.8) is 0 Å². The van der Waals surface area contributed by atoms with Crippen molar-refractivity contribution in [1.82, 2.24) is 10.2 Å². The predicted molar refractivity (Wildman–Crippen MR) is 90.9 cm³/mol. The van der Waals surface area contributed by atoms with Gasteiger partial charge in [0.25, 0.3) is 0 Å². The van der Waals surface area contributed by atoms with Crippen molar-refractivity contribution in [2.75, 3.05) is 31.6 Å². The first-order valence-electron chi connectivity index (χ1n) is 7.90. The van der Waals surface area contributed by atoms with Gasteiger partial charge in [-0.3, -0.25) is 9.11 Å². The highest BCUT2D eigenvalue weighted by atomic mass is 32.2. The average molecular weight is 308 g/mol. The second-order valence-electron chi connectivity index (χ2n) is 6.31. The van der Waals surface area contributed by atoms with Crippen molar-refractivity contribution in [1.29, 1.82) is 0 Å². The molecular formula is C17H28N2OS. The lowest BCUT2D eigenvalue weighted by Crippen LogP contribution is -2.54. The minimum atomic E-state index is -0.685. The van der Waals surface area contributed by atoms with Gasteiger partial charge in [0.2, 0.25) is 0 Å². The van der Waals surface area contributed by atoms with E-state index >= 15 is 0 Å². The molecule has 3 nitrogen and oxygen atoms in total. The third-order valence-electron chi connectivity index (χ3n) is 4.31. The number of nitrogens with one attached hydrogen (secondary N) is 1. The molecule has 1 aromatic rings. The van der Waals surface area contributed by atoms with E-state index in [4.69, 9.17) is 0 Å². The summed E-state index contributed by atoms with van der Waals surface area (Å²) in [5.74, 6) is 1.45. The van der Waals surface area contributed by atoms with Crippen LogP contribution in [0.4, 0.5) is 0 Å². The topological polar surface area (TPSA) is 32.3 Å². The van der Waals surface area contributed by atoms with Crippen molar-refractivity contribution in [3.05, 3.63) is 35.9 Å². The summed E-state index contributed by atoms with van der Waals surface area (Å²) in [7, 11) is -0.685. The number of hydrogen-bond donors (Lipinski definition) is 1. The van der Waals surface area contributed by atoms with Gasteiger partial charge in [0.1, 0.15) is 0 Å². The summed E-state index contributed by atoms with van der Waals surface area (Å²) in [5.41, 5.74) is 1.38. The maximum absolute atomic E-state index is 11.3. The molecule has 4 heteroatoms. The van der Waals surface area contributed by atoms with Crippen LogP contribution in [0.15, 0.2) is 30.3 Å². The van der Waals surface area contributed by atoms with E-state index in [2.05, 4.69) is 54.4 Å². The lowest BCUT2D eigenvalue weighted by molar-refractivity contribution is 0.114. The molecule has 0 amide bonds. The van der Waals surface area contributed by atoms with Crippen LogP contribution in [-0.4, -0.2) is 46.8 Å². The second kappa shape index (κ2) is 8.06. The molecule has 0 bridgehead atoms. The van der Waals surface area contributed by atoms with Crippen LogP contribution in [0.25, 0.3) is 0 Å². The predicted octanol–water partition coefficient (Wildman–Crippen LogP) is 2.43. The fraction of sp³-hybridized carbons (Fsp3) is 0.647. The highest BCUT2D eigenvalue weighted by Crippen LogP contribution is 2.25. The van der Waals surface area contributed by atoms with Crippen LogP contribution >= 0.6 is 0 Å². The highest BCUT2D eigenvalue weighted by molar-refractivity contribution is 7.84. The zero-order chi connectivity index (χ0) is 15.2. The Kier molecular flexibility index (Phi) is 6.40. The molecule has 2 rings (SSSR count). The quantitative estimate of drug-likeness (QED) is 0.876. The Bertz CT molecular complexity index is 449. The summed E-state index contributed by atoms with van der Waals surface area (Å²) in [6, 6.07) is 11.7. The van der Waals surface area contributed by atoms with Gasteiger partial charge in [0.15, 0.2) is 0 Å². The summed E-state index contributed by atoms with van der Waals surface area (Å²) in [5, 5.41) is 3.69. The molecule has 3 atom stereocenters. The largest absolute Gasteiger partial charge is 0.311 e. The number of hydrogen-bond acceptors (Lipinski definition) is 3. The lowest BCUT2D eigenvalue weighted by Gasteiger charge is -2.42. The fourth-order valence-electron chi connectivity index (χ4n) is 3.00. The van der Waals surface area contributed by atoms with Crippen LogP contribution in [0.1, 0.15) is 31.9 Å². The first-order chi connectivity index (χ1) is 10.1. The highest BCUT2D eigenvalue weighted by Gasteiger charge is 2.29. The Balaban J connectivity index is 2.04. The molecule has 0 saturated carbocycles. The van der Waals surface area contributed by atoms with E-state index in [1.54, 1.807) is 6.26 Å². The molecule has 0 radical (unpaired) electrons. The molecular weight excluding hydrogens is 280 g/mol. The van der Waals surface area contributed by atoms with Crippen LogP contribution in [0.5, 0.6) is 0 Å². The molecule has 1 aromatic carbocycles. The van der Waals surface area contributed by atoms with E-state index in [0.29, 0.717) is 18.0 Å². The Morgan fingerprint density at radius 1 is 1.33 bits per heavy atom. The molecule has 0 spiro atoms. The second-order valence-corrected chi connectivity index (χ2v) is 7.87. The average Bonchev–Trinajstić information content (AvgIpc) is 2.47. The molecule has 0 aromatic heterocycles. The van der Waals surface area contributed by atoms with Crippen molar-refractivity contribution >= 4 is 10.8 Å². The maximum Gasteiger partial charge on any atom is 0.0473 e. The van der Waals surface area contributed by atoms with Crippen molar-refractivity contribution in [2.24, 2.45) is 5.92 Å². The van der Waals surface area contributed by atoms with Gasteiger partial charge in [-0.2, -0.15) is 0 Å². The Morgan fingerprint density at radius 3 is 2.67 bits per heavy atom. The smallest absolute Gasteiger partial charge is 0.0473 e. The normalized spacial score (nSPS) is 25.1. The van der Waals surface area contributed by atoms with Crippen LogP contribution in [-0.2, 0) is 10.8 Å². The molecule has 1 heterocycles. The van der Waals surface area contributed by atoms with E-state index in [9.17, 15) is 4.21 Å². The van der Waals surface area contributed by atoms with E-state index in [-0.39, 0.29) is 0 Å². The third-order valence-corrected chi connectivity index (χ3v) is 5.18. The SMILES string of the molecule is CC(C)C1CN(CCCS(C)=O)C(c2ccccc2)CN1. The molecule has 21 heavy (non-hydrogen) atoms. The molecule has 1 saturated heterocycles. The number of piperazine rings is 1. The van der Waals surface area contributed by atoms with Gasteiger partial charge in [-0.15, -0.1) is 0 Å². The van der Waals surface area contributed by atoms with Gasteiger partial charge in [-0.1, -0.05) is 44.2 Å². The minimum Gasteiger partial charge on any atom is -0.311 e. The molecule has 1 aliphatic rings. The summed E-state index contributed by atoms with van der Waals surface area (Å²) < 4.78 is 11.3. The van der Waals surface area contributed by atoms with E-state index < -0.39 is 10.8 Å². The summed E-state index contributed by atoms with van der Waals surface area (Å²) >= 11 is 0. The third kappa shape index (κ3) is 4.90.